The molecular weight excluding hydrogens is 269 g/mol. The van der Waals surface area contributed by atoms with Crippen LogP contribution in [0.2, 0.25) is 10.0 Å². The predicted octanol–water partition coefficient (Wildman–Crippen LogP) is 1.51. The smallest absolute Gasteiger partial charge is 0.125 e. The summed E-state index contributed by atoms with van der Waals surface area (Å²) < 4.78 is 0.229. The quantitative estimate of drug-likeness (QED) is 0.727. The summed E-state index contributed by atoms with van der Waals surface area (Å²) in [7, 11) is 0. The Morgan fingerprint density at radius 3 is 2.58 bits per heavy atom. The molecule has 0 aliphatic carbocycles. The van der Waals surface area contributed by atoms with Crippen LogP contribution in [0.15, 0.2) is 10.8 Å². The van der Waals surface area contributed by atoms with Crippen LogP contribution in [0, 0.1) is 0 Å². The molecule has 0 bridgehead atoms. The molecule has 0 saturated carbocycles. The summed E-state index contributed by atoms with van der Waals surface area (Å²) in [5, 5.41) is 10.4. The van der Waals surface area contributed by atoms with E-state index < -0.39 is 5.97 Å². The van der Waals surface area contributed by atoms with E-state index in [1.54, 1.807) is 0 Å². The summed E-state index contributed by atoms with van der Waals surface area (Å²) in [5.41, 5.74) is -0.250. The zero-order chi connectivity index (χ0) is 9.30. The number of aromatic carboxylic acids is 1. The summed E-state index contributed by atoms with van der Waals surface area (Å²) in [6.45, 7) is 0. The summed E-state index contributed by atoms with van der Waals surface area (Å²) in [5.74, 6) is -1.42. The van der Waals surface area contributed by atoms with E-state index in [0.29, 0.717) is 0 Å². The van der Waals surface area contributed by atoms with E-state index in [2.05, 4.69) is 20.9 Å². The van der Waals surface area contributed by atoms with Crippen molar-refractivity contribution in [1.82, 2.24) is 4.98 Å². The van der Waals surface area contributed by atoms with Gasteiger partial charge in [-0.3, -0.25) is 0 Å². The van der Waals surface area contributed by atoms with Gasteiger partial charge in [0.15, 0.2) is 0 Å². The molecule has 0 aromatic carbocycles. The first-order chi connectivity index (χ1) is 5.54. The number of carbonyl (C=O) groups excluding carboxylic acids is 1. The lowest BCUT2D eigenvalue weighted by Gasteiger charge is -2.07. The van der Waals surface area contributed by atoms with Crippen LogP contribution in [0.25, 0.3) is 0 Å². The van der Waals surface area contributed by atoms with E-state index in [-0.39, 0.29) is 20.2 Å². The van der Waals surface area contributed by atoms with E-state index >= 15 is 0 Å². The minimum atomic E-state index is -1.42. The van der Waals surface area contributed by atoms with Crippen molar-refractivity contribution >= 4 is 45.1 Å². The van der Waals surface area contributed by atoms with Crippen molar-refractivity contribution in [3.8, 4) is 0 Å². The number of nitrogens with zero attached hydrogens (tertiary/aromatic N) is 1. The molecule has 6 heteroatoms. The lowest BCUT2D eigenvalue weighted by Crippen LogP contribution is -2.23. The van der Waals surface area contributed by atoms with Gasteiger partial charge < -0.3 is 9.90 Å². The molecule has 1 rings (SSSR count). The van der Waals surface area contributed by atoms with Crippen LogP contribution in [-0.4, -0.2) is 11.0 Å². The number of rotatable bonds is 1. The van der Waals surface area contributed by atoms with Crippen molar-refractivity contribution in [1.29, 1.82) is 0 Å². The third-order valence-corrected chi connectivity index (χ3v) is 2.62. The second-order valence-electron chi connectivity index (χ2n) is 1.87. The first-order valence-electron chi connectivity index (χ1n) is 2.75. The van der Waals surface area contributed by atoms with E-state index in [1.165, 1.54) is 6.20 Å². The average Bonchev–Trinajstić information content (AvgIpc) is 1.97. The molecule has 0 unspecified atom stereocenters. The van der Waals surface area contributed by atoms with Crippen molar-refractivity contribution in [3.63, 3.8) is 0 Å². The topological polar surface area (TPSA) is 53.0 Å². The molecule has 64 valence electrons. The molecule has 0 saturated heterocycles. The summed E-state index contributed by atoms with van der Waals surface area (Å²) >= 11 is 14.0. The van der Waals surface area contributed by atoms with Crippen molar-refractivity contribution < 1.29 is 9.90 Å². The van der Waals surface area contributed by atoms with Crippen LogP contribution in [0.3, 0.4) is 0 Å². The minimum Gasteiger partial charge on any atom is -0.545 e. The molecule has 0 fully saturated rings. The van der Waals surface area contributed by atoms with Crippen LogP contribution in [0.5, 0.6) is 0 Å². The van der Waals surface area contributed by atoms with Gasteiger partial charge in [0.25, 0.3) is 0 Å². The number of halogens is 3. The fourth-order valence-electron chi connectivity index (χ4n) is 0.630. The second-order valence-corrected chi connectivity index (χ2v) is 3.41. The van der Waals surface area contributed by atoms with Crippen LogP contribution in [-0.2, 0) is 0 Å². The fraction of sp³-hybridized carbons (Fsp3) is 0. The molecule has 12 heavy (non-hydrogen) atoms. The maximum Gasteiger partial charge on any atom is 0.125 e. The van der Waals surface area contributed by atoms with Crippen molar-refractivity contribution in [2.24, 2.45) is 0 Å². The summed E-state index contributed by atoms with van der Waals surface area (Å²) in [6.07, 6.45) is 1.18. The highest BCUT2D eigenvalue weighted by molar-refractivity contribution is 9.10. The number of aromatic nitrogens is 1. The first kappa shape index (κ1) is 9.77. The minimum absolute atomic E-state index is 0.0387. The normalized spacial score (nSPS) is 9.92. The molecule has 0 spiro atoms. The Kier molecular flexibility index (Phi) is 2.93. The molecule has 0 radical (unpaired) electrons. The number of carbonyl (C=O) groups is 1. The van der Waals surface area contributed by atoms with Gasteiger partial charge in [-0.05, 0) is 15.9 Å². The van der Waals surface area contributed by atoms with Crippen LogP contribution >= 0.6 is 39.1 Å². The number of hydrogen-bond acceptors (Lipinski definition) is 3. The Bertz CT molecular complexity index is 343. The molecule has 1 heterocycles. The van der Waals surface area contributed by atoms with Gasteiger partial charge in [-0.1, -0.05) is 23.2 Å². The largest absolute Gasteiger partial charge is 0.545 e. The lowest BCUT2D eigenvalue weighted by atomic mass is 10.3. The molecule has 0 aliphatic heterocycles. The van der Waals surface area contributed by atoms with Gasteiger partial charge >= 0.3 is 0 Å². The number of pyridine rings is 1. The van der Waals surface area contributed by atoms with E-state index in [0.717, 1.165) is 0 Å². The van der Waals surface area contributed by atoms with Gasteiger partial charge in [0.05, 0.1) is 16.0 Å². The van der Waals surface area contributed by atoms with Gasteiger partial charge in [0.2, 0.25) is 0 Å². The number of carboxylic acid groups (broad SMARTS) is 1. The molecular formula is C6HBrCl2NO2-. The molecule has 0 atom stereocenters. The molecule has 1 aromatic heterocycles. The first-order valence-corrected chi connectivity index (χ1v) is 4.29. The molecule has 1 aromatic rings. The third-order valence-electron chi connectivity index (χ3n) is 1.13. The van der Waals surface area contributed by atoms with Crippen molar-refractivity contribution in [2.45, 2.75) is 0 Å². The van der Waals surface area contributed by atoms with E-state index in [9.17, 15) is 9.90 Å². The number of carboxylic acids is 1. The fourth-order valence-corrected chi connectivity index (χ4v) is 1.43. The molecule has 0 amide bonds. The zero-order valence-electron chi connectivity index (χ0n) is 5.47. The van der Waals surface area contributed by atoms with Gasteiger partial charge in [0, 0.05) is 11.8 Å². The van der Waals surface area contributed by atoms with Crippen molar-refractivity contribution in [3.05, 3.63) is 26.4 Å². The van der Waals surface area contributed by atoms with Gasteiger partial charge in [0.1, 0.15) is 4.60 Å². The standard InChI is InChI=1S/C6H2BrCl2NO2/c7-5-4(9)3(6(11)12)2(8)1-10-5/h1H,(H,11,12)/p-1. The van der Waals surface area contributed by atoms with E-state index in [1.807, 2.05) is 0 Å². The number of hydrogen-bond donors (Lipinski definition) is 0. The average molecular weight is 270 g/mol. The lowest BCUT2D eigenvalue weighted by molar-refractivity contribution is -0.255. The highest BCUT2D eigenvalue weighted by Crippen LogP contribution is 2.28. The monoisotopic (exact) mass is 268 g/mol. The molecule has 0 N–H and O–H groups in total. The highest BCUT2D eigenvalue weighted by Gasteiger charge is 2.10. The zero-order valence-corrected chi connectivity index (χ0v) is 8.57. The Balaban J connectivity index is 3.43. The van der Waals surface area contributed by atoms with Gasteiger partial charge in [-0.15, -0.1) is 0 Å². The predicted molar refractivity (Wildman–Crippen MR) is 46.3 cm³/mol. The summed E-state index contributed by atoms with van der Waals surface area (Å²) in [6, 6.07) is 0. The Morgan fingerprint density at radius 1 is 1.58 bits per heavy atom. The SMILES string of the molecule is O=C([O-])c1c(Cl)cnc(Br)c1Cl. The van der Waals surface area contributed by atoms with Crippen molar-refractivity contribution in [2.75, 3.05) is 0 Å². The Labute approximate surface area is 86.4 Å². The molecule has 0 aliphatic rings. The Morgan fingerprint density at radius 2 is 2.17 bits per heavy atom. The highest BCUT2D eigenvalue weighted by atomic mass is 79.9. The Hall–Kier alpha value is -0.320. The second kappa shape index (κ2) is 3.60. The molecule has 3 nitrogen and oxygen atoms in total. The maximum absolute atomic E-state index is 10.5. The van der Waals surface area contributed by atoms with Gasteiger partial charge in [-0.2, -0.15) is 0 Å². The van der Waals surface area contributed by atoms with Gasteiger partial charge in [-0.25, -0.2) is 4.98 Å². The summed E-state index contributed by atoms with van der Waals surface area (Å²) in [4.78, 5) is 14.1. The van der Waals surface area contributed by atoms with Crippen LogP contribution < -0.4 is 5.11 Å². The maximum atomic E-state index is 10.5. The van der Waals surface area contributed by atoms with E-state index in [4.69, 9.17) is 23.2 Å². The van der Waals surface area contributed by atoms with Crippen LogP contribution in [0.4, 0.5) is 0 Å². The van der Waals surface area contributed by atoms with Crippen LogP contribution in [0.1, 0.15) is 10.4 Å². The third kappa shape index (κ3) is 1.71.